The summed E-state index contributed by atoms with van der Waals surface area (Å²) in [7, 11) is 0. The first-order chi connectivity index (χ1) is 9.65. The molecule has 4 aliphatic carbocycles. The summed E-state index contributed by atoms with van der Waals surface area (Å²) in [5, 5.41) is 0. The van der Waals surface area contributed by atoms with Crippen molar-refractivity contribution in [3.8, 4) is 0 Å². The molecule has 110 valence electrons. The quantitative estimate of drug-likeness (QED) is 0.563. The predicted octanol–water partition coefficient (Wildman–Crippen LogP) is 3.96. The molecule has 0 aromatic carbocycles. The van der Waals surface area contributed by atoms with E-state index in [0.29, 0.717) is 11.5 Å². The van der Waals surface area contributed by atoms with Gasteiger partial charge in [-0.3, -0.25) is 0 Å². The first-order valence-electron chi connectivity index (χ1n) is 8.51. The van der Waals surface area contributed by atoms with E-state index in [1.165, 1.54) is 38.5 Å². The minimum Gasteiger partial charge on any atom is -0.459 e. The van der Waals surface area contributed by atoms with E-state index in [0.717, 1.165) is 36.0 Å². The third kappa shape index (κ3) is 1.79. The van der Waals surface area contributed by atoms with Crippen molar-refractivity contribution in [3.63, 3.8) is 0 Å². The zero-order chi connectivity index (χ0) is 13.9. The lowest BCUT2D eigenvalue weighted by Crippen LogP contribution is -2.24. The maximum atomic E-state index is 11.8. The lowest BCUT2D eigenvalue weighted by Gasteiger charge is -2.22. The van der Waals surface area contributed by atoms with Gasteiger partial charge in [-0.2, -0.15) is 0 Å². The van der Waals surface area contributed by atoms with Crippen molar-refractivity contribution in [2.45, 2.75) is 58.0 Å². The molecule has 4 fully saturated rings. The van der Waals surface area contributed by atoms with Gasteiger partial charge in [0.2, 0.25) is 0 Å². The highest BCUT2D eigenvalue weighted by Gasteiger charge is 2.58. The van der Waals surface area contributed by atoms with E-state index in [-0.39, 0.29) is 12.1 Å². The smallest absolute Gasteiger partial charge is 0.333 e. The van der Waals surface area contributed by atoms with E-state index in [4.69, 9.17) is 4.74 Å². The summed E-state index contributed by atoms with van der Waals surface area (Å²) >= 11 is 0. The summed E-state index contributed by atoms with van der Waals surface area (Å²) in [6.07, 6.45) is 9.82. The second-order valence-corrected chi connectivity index (χ2v) is 7.78. The molecule has 20 heavy (non-hydrogen) atoms. The van der Waals surface area contributed by atoms with Crippen LogP contribution in [0.3, 0.4) is 0 Å². The summed E-state index contributed by atoms with van der Waals surface area (Å²) in [6.45, 7) is 5.46. The molecule has 0 N–H and O–H groups in total. The third-order valence-electron chi connectivity index (χ3n) is 6.91. The zero-order valence-corrected chi connectivity index (χ0v) is 12.5. The molecular weight excluding hydrogens is 248 g/mol. The summed E-state index contributed by atoms with van der Waals surface area (Å²) in [5.74, 6) is 5.33. The van der Waals surface area contributed by atoms with E-state index in [2.05, 4.69) is 6.58 Å². The Morgan fingerprint density at radius 3 is 2.55 bits per heavy atom. The van der Waals surface area contributed by atoms with E-state index in [1.807, 2.05) is 0 Å². The molecule has 0 saturated heterocycles. The van der Waals surface area contributed by atoms with Gasteiger partial charge >= 0.3 is 5.97 Å². The Kier molecular flexibility index (Phi) is 2.98. The monoisotopic (exact) mass is 274 g/mol. The fourth-order valence-corrected chi connectivity index (χ4v) is 6.22. The Hall–Kier alpha value is -0.790. The van der Waals surface area contributed by atoms with Gasteiger partial charge in [0.15, 0.2) is 0 Å². The Bertz CT molecular complexity index is 441. The molecule has 0 aliphatic heterocycles. The van der Waals surface area contributed by atoms with Crippen LogP contribution in [0, 0.1) is 35.5 Å². The number of hydrogen-bond donors (Lipinski definition) is 0. The third-order valence-corrected chi connectivity index (χ3v) is 6.91. The summed E-state index contributed by atoms with van der Waals surface area (Å²) in [5.41, 5.74) is 0.544. The maximum Gasteiger partial charge on any atom is 0.333 e. The van der Waals surface area contributed by atoms with Crippen LogP contribution in [-0.4, -0.2) is 12.1 Å². The minimum absolute atomic E-state index is 0.175. The summed E-state index contributed by atoms with van der Waals surface area (Å²) in [6, 6.07) is 0. The van der Waals surface area contributed by atoms with Gasteiger partial charge in [0.1, 0.15) is 6.10 Å². The van der Waals surface area contributed by atoms with Gasteiger partial charge in [0.05, 0.1) is 0 Å². The molecule has 4 saturated carbocycles. The molecule has 0 radical (unpaired) electrons. The predicted molar refractivity (Wildman–Crippen MR) is 78.0 cm³/mol. The molecule has 2 heteroatoms. The number of fused-ring (bicyclic) bond motifs is 5. The number of rotatable bonds is 2. The Morgan fingerprint density at radius 2 is 1.75 bits per heavy atom. The number of carbonyl (C=O) groups excluding carboxylic acids is 1. The van der Waals surface area contributed by atoms with E-state index >= 15 is 0 Å². The van der Waals surface area contributed by atoms with Crippen LogP contribution < -0.4 is 0 Å². The van der Waals surface area contributed by atoms with Crippen LogP contribution in [0.5, 0.6) is 0 Å². The summed E-state index contributed by atoms with van der Waals surface area (Å²) in [4.78, 5) is 11.8. The Labute approximate surface area is 122 Å². The van der Waals surface area contributed by atoms with Crippen molar-refractivity contribution in [2.24, 2.45) is 35.5 Å². The van der Waals surface area contributed by atoms with Crippen LogP contribution in [-0.2, 0) is 9.53 Å². The van der Waals surface area contributed by atoms with E-state index < -0.39 is 0 Å². The Morgan fingerprint density at radius 1 is 0.950 bits per heavy atom. The molecular formula is C18H26O2. The van der Waals surface area contributed by atoms with Gasteiger partial charge in [-0.05, 0) is 74.5 Å². The number of esters is 1. The minimum atomic E-state index is -0.175. The first-order valence-corrected chi connectivity index (χ1v) is 8.51. The van der Waals surface area contributed by atoms with Gasteiger partial charge in [0, 0.05) is 5.57 Å². The number of ether oxygens (including phenoxy) is 1. The molecule has 7 atom stereocenters. The molecule has 0 bridgehead atoms. The van der Waals surface area contributed by atoms with Crippen LogP contribution >= 0.6 is 0 Å². The molecule has 2 nitrogen and oxygen atoms in total. The molecule has 4 aliphatic rings. The first kappa shape index (κ1) is 12.9. The highest BCUT2D eigenvalue weighted by atomic mass is 16.5. The summed E-state index contributed by atoms with van der Waals surface area (Å²) < 4.78 is 5.72. The average molecular weight is 274 g/mol. The highest BCUT2D eigenvalue weighted by molar-refractivity contribution is 5.87. The van der Waals surface area contributed by atoms with Gasteiger partial charge in [-0.25, -0.2) is 4.79 Å². The van der Waals surface area contributed by atoms with Crippen LogP contribution in [0.1, 0.15) is 51.9 Å². The van der Waals surface area contributed by atoms with Crippen LogP contribution in [0.25, 0.3) is 0 Å². The van der Waals surface area contributed by atoms with E-state index in [9.17, 15) is 4.79 Å². The van der Waals surface area contributed by atoms with Crippen LogP contribution in [0.15, 0.2) is 12.2 Å². The molecule has 0 amide bonds. The SMILES string of the molecule is C=C(C)C(=O)OC1CCC2C1CC1C3CCCC3CC12. The van der Waals surface area contributed by atoms with Crippen molar-refractivity contribution in [1.29, 1.82) is 0 Å². The van der Waals surface area contributed by atoms with Crippen molar-refractivity contribution in [3.05, 3.63) is 12.2 Å². The largest absolute Gasteiger partial charge is 0.459 e. The van der Waals surface area contributed by atoms with Crippen molar-refractivity contribution >= 4 is 5.97 Å². The van der Waals surface area contributed by atoms with Crippen LogP contribution in [0.4, 0.5) is 0 Å². The fraction of sp³-hybridized carbons (Fsp3) is 0.833. The lowest BCUT2D eigenvalue weighted by atomic mass is 9.87. The topological polar surface area (TPSA) is 26.3 Å². The van der Waals surface area contributed by atoms with E-state index in [1.54, 1.807) is 6.92 Å². The van der Waals surface area contributed by atoms with Crippen molar-refractivity contribution < 1.29 is 9.53 Å². The lowest BCUT2D eigenvalue weighted by molar-refractivity contribution is -0.146. The normalized spacial score (nSPS) is 48.8. The van der Waals surface area contributed by atoms with Crippen molar-refractivity contribution in [1.82, 2.24) is 0 Å². The fourth-order valence-electron chi connectivity index (χ4n) is 6.22. The van der Waals surface area contributed by atoms with Gasteiger partial charge in [-0.1, -0.05) is 19.4 Å². The molecule has 0 aromatic rings. The van der Waals surface area contributed by atoms with Gasteiger partial charge in [-0.15, -0.1) is 0 Å². The molecule has 0 spiro atoms. The molecule has 7 unspecified atom stereocenters. The standard InChI is InChI=1S/C18H26O2/c1-10(2)18(19)20-17-7-6-13-14-8-11-4-3-5-12(11)15(14)9-16(13)17/h11-17H,1,3-9H2,2H3. The molecule has 0 aromatic heterocycles. The molecule has 4 rings (SSSR count). The zero-order valence-electron chi connectivity index (χ0n) is 12.5. The second kappa shape index (κ2) is 4.61. The van der Waals surface area contributed by atoms with Crippen molar-refractivity contribution in [2.75, 3.05) is 0 Å². The maximum absolute atomic E-state index is 11.8. The second-order valence-electron chi connectivity index (χ2n) is 7.78. The van der Waals surface area contributed by atoms with Crippen LogP contribution in [0.2, 0.25) is 0 Å². The van der Waals surface area contributed by atoms with Gasteiger partial charge < -0.3 is 4.74 Å². The average Bonchev–Trinajstić information content (AvgIpc) is 3.09. The highest BCUT2D eigenvalue weighted by Crippen LogP contribution is 2.63. The van der Waals surface area contributed by atoms with Gasteiger partial charge in [0.25, 0.3) is 0 Å². The Balaban J connectivity index is 1.47. The number of hydrogen-bond acceptors (Lipinski definition) is 2. The number of carbonyl (C=O) groups is 1. The molecule has 0 heterocycles.